The van der Waals surface area contributed by atoms with Crippen molar-refractivity contribution in [3.63, 3.8) is 0 Å². The summed E-state index contributed by atoms with van der Waals surface area (Å²) < 4.78 is 0. The van der Waals surface area contributed by atoms with Crippen molar-refractivity contribution in [1.29, 1.82) is 0 Å². The zero-order chi connectivity index (χ0) is 29.9. The van der Waals surface area contributed by atoms with Gasteiger partial charge in [-0.15, -0.1) is 0 Å². The van der Waals surface area contributed by atoms with E-state index in [-0.39, 0.29) is 17.6 Å². The van der Waals surface area contributed by atoms with Crippen molar-refractivity contribution < 1.29 is 14.7 Å². The monoisotopic (exact) mass is 562 g/mol. The molecule has 0 aliphatic heterocycles. The minimum Gasteiger partial charge on any atom is -0.508 e. The molecule has 0 saturated heterocycles. The molecule has 3 N–H and O–H groups in total. The van der Waals surface area contributed by atoms with Gasteiger partial charge in [0.05, 0.1) is 0 Å². The number of carbonyl (C=O) groups excluding carboxylic acids is 2. The highest BCUT2D eigenvalue weighted by atomic mass is 16.3. The molecule has 0 atom stereocenters. The van der Waals surface area contributed by atoms with Crippen LogP contribution in [0.4, 0.5) is 11.4 Å². The number of benzene rings is 6. The van der Waals surface area contributed by atoms with Crippen LogP contribution in [0.2, 0.25) is 0 Å². The van der Waals surface area contributed by atoms with Crippen LogP contribution in [-0.4, -0.2) is 16.9 Å². The van der Waals surface area contributed by atoms with E-state index in [0.29, 0.717) is 11.1 Å². The van der Waals surface area contributed by atoms with Gasteiger partial charge >= 0.3 is 0 Å². The highest BCUT2D eigenvalue weighted by Crippen LogP contribution is 2.24. The van der Waals surface area contributed by atoms with Crippen LogP contribution in [0.25, 0.3) is 22.3 Å². The third-order valence-corrected chi connectivity index (χ3v) is 6.67. The Balaban J connectivity index is 0.000000171. The van der Waals surface area contributed by atoms with E-state index in [9.17, 15) is 14.7 Å². The minimum atomic E-state index is -0.127. The first-order valence-electron chi connectivity index (χ1n) is 13.8. The summed E-state index contributed by atoms with van der Waals surface area (Å²) in [7, 11) is 0. The van der Waals surface area contributed by atoms with Gasteiger partial charge in [0.15, 0.2) is 0 Å². The predicted molar refractivity (Wildman–Crippen MR) is 174 cm³/mol. The van der Waals surface area contributed by atoms with E-state index in [1.807, 2.05) is 115 Å². The van der Waals surface area contributed by atoms with Crippen LogP contribution in [0, 0.1) is 0 Å². The van der Waals surface area contributed by atoms with Crippen molar-refractivity contribution >= 4 is 23.2 Å². The van der Waals surface area contributed by atoms with E-state index in [0.717, 1.165) is 28.1 Å². The van der Waals surface area contributed by atoms with Crippen molar-refractivity contribution in [2.75, 3.05) is 10.6 Å². The van der Waals surface area contributed by atoms with Crippen molar-refractivity contribution in [2.24, 2.45) is 0 Å². The molecule has 0 aliphatic rings. The smallest absolute Gasteiger partial charge is 0.255 e. The lowest BCUT2D eigenvalue weighted by atomic mass is 10.1. The first-order chi connectivity index (χ1) is 21.0. The fourth-order valence-corrected chi connectivity index (χ4v) is 4.36. The number of hydrogen-bond acceptors (Lipinski definition) is 3. The standard InChI is InChI=1S/C19H15NO2.C19H15NO/c21-18-12-8-15(9-13-18)14-6-10-17(11-7-14)20-19(22)16-4-2-1-3-5-16;21-19(17-9-5-2-6-10-17)20-18-13-11-16(12-14-18)15-7-3-1-4-8-15/h1-13,21H,(H,20,22);1-14H,(H,20,21). The molecule has 0 spiro atoms. The van der Waals surface area contributed by atoms with E-state index >= 15 is 0 Å². The maximum Gasteiger partial charge on any atom is 0.255 e. The summed E-state index contributed by atoms with van der Waals surface area (Å²) in [5, 5.41) is 15.1. The number of carbonyl (C=O) groups is 2. The van der Waals surface area contributed by atoms with Gasteiger partial charge in [-0.3, -0.25) is 9.59 Å². The molecule has 6 aromatic carbocycles. The van der Waals surface area contributed by atoms with E-state index in [1.54, 1.807) is 36.4 Å². The molecule has 2 amide bonds. The van der Waals surface area contributed by atoms with Crippen LogP contribution in [0.3, 0.4) is 0 Å². The fourth-order valence-electron chi connectivity index (χ4n) is 4.36. The minimum absolute atomic E-state index is 0.0944. The third kappa shape index (κ3) is 8.06. The molecule has 0 aliphatic carbocycles. The second-order valence-corrected chi connectivity index (χ2v) is 9.71. The summed E-state index contributed by atoms with van der Waals surface area (Å²) in [4.78, 5) is 24.1. The van der Waals surface area contributed by atoms with Gasteiger partial charge in [0.25, 0.3) is 11.8 Å². The molecule has 6 rings (SSSR count). The average Bonchev–Trinajstić information content (AvgIpc) is 3.07. The number of anilines is 2. The maximum absolute atomic E-state index is 12.1. The fraction of sp³-hybridized carbons (Fsp3) is 0. The zero-order valence-electron chi connectivity index (χ0n) is 23.4. The van der Waals surface area contributed by atoms with E-state index < -0.39 is 0 Å². The Hall–Kier alpha value is -5.94. The van der Waals surface area contributed by atoms with Gasteiger partial charge in [0, 0.05) is 22.5 Å². The van der Waals surface area contributed by atoms with Gasteiger partial charge in [-0.25, -0.2) is 0 Å². The summed E-state index contributed by atoms with van der Waals surface area (Å²) in [6.45, 7) is 0. The Bertz CT molecular complexity index is 1750. The summed E-state index contributed by atoms with van der Waals surface area (Å²) in [6, 6.07) is 50.9. The van der Waals surface area contributed by atoms with Crippen LogP contribution in [0.15, 0.2) is 164 Å². The number of rotatable bonds is 6. The molecule has 0 bridgehead atoms. The van der Waals surface area contributed by atoms with Gasteiger partial charge in [0.2, 0.25) is 0 Å². The van der Waals surface area contributed by atoms with Gasteiger partial charge in [0.1, 0.15) is 5.75 Å². The molecule has 5 heteroatoms. The topological polar surface area (TPSA) is 78.4 Å². The normalized spacial score (nSPS) is 10.1. The van der Waals surface area contributed by atoms with Crippen molar-refractivity contribution in [1.82, 2.24) is 0 Å². The highest BCUT2D eigenvalue weighted by molar-refractivity contribution is 6.05. The number of phenols is 1. The lowest BCUT2D eigenvalue weighted by molar-refractivity contribution is 0.101. The molecular formula is C38H30N2O3. The van der Waals surface area contributed by atoms with E-state index in [4.69, 9.17) is 0 Å². The largest absolute Gasteiger partial charge is 0.508 e. The third-order valence-electron chi connectivity index (χ3n) is 6.67. The molecule has 0 heterocycles. The summed E-state index contributed by atoms with van der Waals surface area (Å²) in [6.07, 6.45) is 0. The Morgan fingerprint density at radius 1 is 0.372 bits per heavy atom. The first-order valence-corrected chi connectivity index (χ1v) is 13.8. The maximum atomic E-state index is 12.1. The molecular weight excluding hydrogens is 532 g/mol. The Morgan fingerprint density at radius 3 is 1.05 bits per heavy atom. The molecule has 0 aromatic heterocycles. The molecule has 0 radical (unpaired) electrons. The predicted octanol–water partition coefficient (Wildman–Crippen LogP) is 8.92. The Morgan fingerprint density at radius 2 is 0.674 bits per heavy atom. The second-order valence-electron chi connectivity index (χ2n) is 9.71. The first kappa shape index (κ1) is 28.6. The number of aromatic hydroxyl groups is 1. The van der Waals surface area contributed by atoms with Crippen LogP contribution in [0.5, 0.6) is 5.75 Å². The van der Waals surface area contributed by atoms with Gasteiger partial charge in [-0.05, 0) is 82.9 Å². The number of amides is 2. The number of phenolic OH excluding ortho intramolecular Hbond substituents is 1. The lowest BCUT2D eigenvalue weighted by Crippen LogP contribution is -2.11. The summed E-state index contributed by atoms with van der Waals surface area (Å²) in [5.74, 6) is 0.0246. The van der Waals surface area contributed by atoms with E-state index in [2.05, 4.69) is 22.8 Å². The molecule has 43 heavy (non-hydrogen) atoms. The van der Waals surface area contributed by atoms with Gasteiger partial charge < -0.3 is 15.7 Å². The Labute approximate surface area is 251 Å². The van der Waals surface area contributed by atoms with Crippen LogP contribution in [-0.2, 0) is 0 Å². The average molecular weight is 563 g/mol. The van der Waals surface area contributed by atoms with Crippen LogP contribution >= 0.6 is 0 Å². The summed E-state index contributed by atoms with van der Waals surface area (Å²) in [5.41, 5.74) is 7.16. The molecule has 0 saturated carbocycles. The number of hydrogen-bond donors (Lipinski definition) is 3. The molecule has 210 valence electrons. The van der Waals surface area contributed by atoms with Crippen LogP contribution in [0.1, 0.15) is 20.7 Å². The lowest BCUT2D eigenvalue weighted by Gasteiger charge is -2.07. The van der Waals surface area contributed by atoms with E-state index in [1.165, 1.54) is 5.56 Å². The molecule has 5 nitrogen and oxygen atoms in total. The highest BCUT2D eigenvalue weighted by Gasteiger charge is 2.06. The zero-order valence-corrected chi connectivity index (χ0v) is 23.4. The number of nitrogens with one attached hydrogen (secondary N) is 2. The quantitative estimate of drug-likeness (QED) is 0.190. The molecule has 0 fully saturated rings. The van der Waals surface area contributed by atoms with Crippen molar-refractivity contribution in [2.45, 2.75) is 0 Å². The molecule has 6 aromatic rings. The van der Waals surface area contributed by atoms with Crippen molar-refractivity contribution in [3.8, 4) is 28.0 Å². The Kier molecular flexibility index (Phi) is 9.38. The second kappa shape index (κ2) is 14.1. The van der Waals surface area contributed by atoms with Crippen molar-refractivity contribution in [3.05, 3.63) is 175 Å². The summed E-state index contributed by atoms with van der Waals surface area (Å²) >= 11 is 0. The van der Waals surface area contributed by atoms with Gasteiger partial charge in [-0.2, -0.15) is 0 Å². The van der Waals surface area contributed by atoms with Gasteiger partial charge in [-0.1, -0.05) is 103 Å². The molecule has 0 unspecified atom stereocenters. The van der Waals surface area contributed by atoms with Crippen LogP contribution < -0.4 is 10.6 Å². The SMILES string of the molecule is O=C(Nc1ccc(-c2ccc(O)cc2)cc1)c1ccccc1.O=C(Nc1ccc(-c2ccccc2)cc1)c1ccccc1.